The Labute approximate surface area is 81.2 Å². The van der Waals surface area contributed by atoms with Crippen molar-refractivity contribution >= 4 is 5.97 Å². The summed E-state index contributed by atoms with van der Waals surface area (Å²) in [5.41, 5.74) is 0.959. The molecule has 1 saturated carbocycles. The summed E-state index contributed by atoms with van der Waals surface area (Å²) in [5.74, 6) is 0.247. The molecule has 1 aromatic rings. The van der Waals surface area contributed by atoms with Crippen LogP contribution in [0.25, 0.3) is 0 Å². The fourth-order valence-electron chi connectivity index (χ4n) is 1.26. The summed E-state index contributed by atoms with van der Waals surface area (Å²) in [6.07, 6.45) is 4.43. The molecule has 0 radical (unpaired) electrons. The monoisotopic (exact) mass is 193 g/mol. The van der Waals surface area contributed by atoms with Gasteiger partial charge in [0.15, 0.2) is 5.82 Å². The predicted octanol–water partition coefficient (Wildman–Crippen LogP) is 0.766. The van der Waals surface area contributed by atoms with Crippen LogP contribution >= 0.6 is 0 Å². The van der Waals surface area contributed by atoms with Crippen molar-refractivity contribution < 1.29 is 9.90 Å². The molecular weight excluding hydrogens is 182 g/mol. The van der Waals surface area contributed by atoms with E-state index >= 15 is 0 Å². The number of hydrogen-bond donors (Lipinski definition) is 1. The van der Waals surface area contributed by atoms with Crippen LogP contribution in [0.3, 0.4) is 0 Å². The standard InChI is InChI=1S/C9H11N3O2/c13-9(14)4-3-8-11-7(5-10-12-8)6-1-2-6/h5-6H,1-4H2,(H,13,14). The van der Waals surface area contributed by atoms with Gasteiger partial charge < -0.3 is 5.11 Å². The number of carbonyl (C=O) groups is 1. The molecule has 1 aliphatic carbocycles. The molecule has 5 nitrogen and oxygen atoms in total. The van der Waals surface area contributed by atoms with Gasteiger partial charge in [0.25, 0.3) is 0 Å². The molecule has 0 unspecified atom stereocenters. The maximum Gasteiger partial charge on any atom is 0.303 e. The zero-order valence-electron chi connectivity index (χ0n) is 7.68. The Morgan fingerprint density at radius 3 is 3.00 bits per heavy atom. The minimum Gasteiger partial charge on any atom is -0.481 e. The van der Waals surface area contributed by atoms with Gasteiger partial charge in [0, 0.05) is 12.3 Å². The predicted molar refractivity (Wildman–Crippen MR) is 47.8 cm³/mol. The maximum absolute atomic E-state index is 10.3. The van der Waals surface area contributed by atoms with Crippen molar-refractivity contribution in [3.05, 3.63) is 17.7 Å². The molecule has 0 aliphatic heterocycles. The number of aryl methyl sites for hydroxylation is 1. The van der Waals surface area contributed by atoms with Gasteiger partial charge in [-0.1, -0.05) is 0 Å². The Kier molecular flexibility index (Phi) is 2.39. The Morgan fingerprint density at radius 1 is 1.57 bits per heavy atom. The lowest BCUT2D eigenvalue weighted by atomic mass is 10.3. The number of aromatic nitrogens is 3. The van der Waals surface area contributed by atoms with Crippen molar-refractivity contribution in [1.82, 2.24) is 15.2 Å². The Morgan fingerprint density at radius 2 is 2.36 bits per heavy atom. The molecular formula is C9H11N3O2. The lowest BCUT2D eigenvalue weighted by Crippen LogP contribution is -2.04. The summed E-state index contributed by atoms with van der Waals surface area (Å²) >= 11 is 0. The van der Waals surface area contributed by atoms with E-state index in [1.807, 2.05) is 0 Å². The smallest absolute Gasteiger partial charge is 0.303 e. The van der Waals surface area contributed by atoms with E-state index in [-0.39, 0.29) is 6.42 Å². The molecule has 0 bridgehead atoms. The second-order valence-electron chi connectivity index (χ2n) is 3.47. The number of rotatable bonds is 4. The van der Waals surface area contributed by atoms with Gasteiger partial charge in [-0.25, -0.2) is 4.98 Å². The van der Waals surface area contributed by atoms with E-state index < -0.39 is 5.97 Å². The molecule has 0 saturated heterocycles. The zero-order chi connectivity index (χ0) is 9.97. The average molecular weight is 193 g/mol. The molecule has 1 N–H and O–H groups in total. The quantitative estimate of drug-likeness (QED) is 0.764. The van der Waals surface area contributed by atoms with Crippen molar-refractivity contribution in [3.8, 4) is 0 Å². The van der Waals surface area contributed by atoms with E-state index in [1.165, 1.54) is 0 Å². The molecule has 1 heterocycles. The first kappa shape index (κ1) is 9.05. The molecule has 0 amide bonds. The summed E-state index contributed by atoms with van der Waals surface area (Å²) in [5, 5.41) is 16.1. The van der Waals surface area contributed by atoms with Crippen molar-refractivity contribution in [3.63, 3.8) is 0 Å². The number of carboxylic acids is 1. The lowest BCUT2D eigenvalue weighted by molar-refractivity contribution is -0.137. The molecule has 74 valence electrons. The Balaban J connectivity index is 2.02. The first-order valence-corrected chi connectivity index (χ1v) is 4.66. The van der Waals surface area contributed by atoms with Crippen molar-refractivity contribution in [2.75, 3.05) is 0 Å². The van der Waals surface area contributed by atoms with E-state index in [2.05, 4.69) is 15.2 Å². The summed E-state index contributed by atoms with van der Waals surface area (Å²) in [6, 6.07) is 0. The van der Waals surface area contributed by atoms with Gasteiger partial charge >= 0.3 is 5.97 Å². The fraction of sp³-hybridized carbons (Fsp3) is 0.556. The van der Waals surface area contributed by atoms with E-state index in [9.17, 15) is 4.79 Å². The first-order valence-electron chi connectivity index (χ1n) is 4.66. The highest BCUT2D eigenvalue weighted by Gasteiger charge is 2.25. The molecule has 0 aromatic carbocycles. The summed E-state index contributed by atoms with van der Waals surface area (Å²) < 4.78 is 0. The number of aliphatic carboxylic acids is 1. The first-order chi connectivity index (χ1) is 6.75. The third kappa shape index (κ3) is 2.25. The summed E-state index contributed by atoms with van der Waals surface area (Å²) in [4.78, 5) is 14.6. The van der Waals surface area contributed by atoms with Crippen LogP contribution in [-0.4, -0.2) is 26.3 Å². The molecule has 0 atom stereocenters. The van der Waals surface area contributed by atoms with Crippen LogP contribution in [0.4, 0.5) is 0 Å². The van der Waals surface area contributed by atoms with E-state index in [0.717, 1.165) is 18.5 Å². The van der Waals surface area contributed by atoms with Crippen LogP contribution in [0.5, 0.6) is 0 Å². The topological polar surface area (TPSA) is 76.0 Å². The highest BCUT2D eigenvalue weighted by atomic mass is 16.4. The second kappa shape index (κ2) is 3.69. The van der Waals surface area contributed by atoms with E-state index in [4.69, 9.17) is 5.11 Å². The third-order valence-corrected chi connectivity index (χ3v) is 2.18. The molecule has 14 heavy (non-hydrogen) atoms. The van der Waals surface area contributed by atoms with Crippen LogP contribution < -0.4 is 0 Å². The largest absolute Gasteiger partial charge is 0.481 e. The molecule has 5 heteroatoms. The number of nitrogens with zero attached hydrogens (tertiary/aromatic N) is 3. The van der Waals surface area contributed by atoms with Crippen LogP contribution in [0, 0.1) is 0 Å². The minimum atomic E-state index is -0.828. The molecule has 2 rings (SSSR count). The minimum absolute atomic E-state index is 0.0653. The van der Waals surface area contributed by atoms with E-state index in [0.29, 0.717) is 18.2 Å². The number of carboxylic acid groups (broad SMARTS) is 1. The van der Waals surface area contributed by atoms with Crippen molar-refractivity contribution in [1.29, 1.82) is 0 Å². The highest BCUT2D eigenvalue weighted by molar-refractivity contribution is 5.66. The lowest BCUT2D eigenvalue weighted by Gasteiger charge is -1.99. The summed E-state index contributed by atoms with van der Waals surface area (Å²) in [7, 11) is 0. The SMILES string of the molecule is O=C(O)CCc1nncc(C2CC2)n1. The van der Waals surface area contributed by atoms with Crippen LogP contribution in [0.2, 0.25) is 0 Å². The Hall–Kier alpha value is -1.52. The second-order valence-corrected chi connectivity index (χ2v) is 3.47. The average Bonchev–Trinajstić information content (AvgIpc) is 2.98. The third-order valence-electron chi connectivity index (χ3n) is 2.18. The van der Waals surface area contributed by atoms with Gasteiger partial charge in [-0.2, -0.15) is 5.10 Å². The van der Waals surface area contributed by atoms with Gasteiger partial charge in [-0.3, -0.25) is 4.79 Å². The highest BCUT2D eigenvalue weighted by Crippen LogP contribution is 2.38. The Bertz CT molecular complexity index is 350. The zero-order valence-corrected chi connectivity index (χ0v) is 7.68. The van der Waals surface area contributed by atoms with Crippen molar-refractivity contribution in [2.45, 2.75) is 31.6 Å². The van der Waals surface area contributed by atoms with Crippen molar-refractivity contribution in [2.24, 2.45) is 0 Å². The molecule has 1 fully saturated rings. The summed E-state index contributed by atoms with van der Waals surface area (Å²) in [6.45, 7) is 0. The van der Waals surface area contributed by atoms with Gasteiger partial charge in [-0.15, -0.1) is 5.10 Å². The molecule has 1 aliphatic rings. The molecule has 0 spiro atoms. The van der Waals surface area contributed by atoms with Gasteiger partial charge in [0.1, 0.15) is 0 Å². The van der Waals surface area contributed by atoms with E-state index in [1.54, 1.807) is 6.20 Å². The van der Waals surface area contributed by atoms with Crippen LogP contribution in [0.1, 0.15) is 36.7 Å². The van der Waals surface area contributed by atoms with Crippen LogP contribution in [0.15, 0.2) is 6.20 Å². The van der Waals surface area contributed by atoms with Crippen LogP contribution in [-0.2, 0) is 11.2 Å². The number of hydrogen-bond acceptors (Lipinski definition) is 4. The van der Waals surface area contributed by atoms with Gasteiger partial charge in [0.2, 0.25) is 0 Å². The normalized spacial score (nSPS) is 15.4. The maximum atomic E-state index is 10.3. The fourth-order valence-corrected chi connectivity index (χ4v) is 1.26. The molecule has 1 aromatic heterocycles. The van der Waals surface area contributed by atoms with Gasteiger partial charge in [0.05, 0.1) is 18.3 Å². The van der Waals surface area contributed by atoms with Gasteiger partial charge in [-0.05, 0) is 12.8 Å².